The summed E-state index contributed by atoms with van der Waals surface area (Å²) in [6.45, 7) is 4.69. The maximum Gasteiger partial charge on any atom is 0.315 e. The summed E-state index contributed by atoms with van der Waals surface area (Å²) in [5.41, 5.74) is 0.941. The van der Waals surface area contributed by atoms with Gasteiger partial charge < -0.3 is 25.0 Å². The average molecular weight is 408 g/mol. The number of rotatable bonds is 9. The first kappa shape index (κ1) is 20.7. The zero-order valence-corrected chi connectivity index (χ0v) is 17.2. The van der Waals surface area contributed by atoms with Gasteiger partial charge in [-0.25, -0.2) is 9.78 Å². The number of unbranched alkanes of at least 4 members (excludes halogenated alkanes) is 1. The Hall–Kier alpha value is -2.00. The molecule has 2 amide bonds. The molecule has 0 aromatic carbocycles. The highest BCUT2D eigenvalue weighted by atomic mass is 32.2. The van der Waals surface area contributed by atoms with Gasteiger partial charge in [-0.2, -0.15) is 4.40 Å². The Morgan fingerprint density at radius 1 is 1.32 bits per heavy atom. The molecule has 0 radical (unpaired) electrons. The first-order chi connectivity index (χ1) is 13.7. The summed E-state index contributed by atoms with van der Waals surface area (Å²) in [6, 6.07) is 3.56. The minimum absolute atomic E-state index is 0.0893. The summed E-state index contributed by atoms with van der Waals surface area (Å²) < 4.78 is 15.0. The lowest BCUT2D eigenvalue weighted by atomic mass is 10.3. The standard InChI is InChI=1S/C19H29N5O3S/c1-26-16-7-6-15(13-21-16)14-27-17-12-18(28-23-17)22-19(25)20-8-2-3-9-24-10-4-5-11-24/h6-7,13,18H,2-5,8-12,14H2,1H3,(H2,20,22,25). The topological polar surface area (TPSA) is 88.1 Å². The Kier molecular flexibility index (Phi) is 8.23. The number of pyridine rings is 1. The summed E-state index contributed by atoms with van der Waals surface area (Å²) in [4.78, 5) is 18.6. The van der Waals surface area contributed by atoms with E-state index in [0.717, 1.165) is 24.9 Å². The molecule has 0 aliphatic carbocycles. The quantitative estimate of drug-likeness (QED) is 0.483. The van der Waals surface area contributed by atoms with Gasteiger partial charge in [0.1, 0.15) is 12.0 Å². The van der Waals surface area contributed by atoms with Crippen molar-refractivity contribution in [1.82, 2.24) is 20.5 Å². The Morgan fingerprint density at radius 2 is 2.18 bits per heavy atom. The monoisotopic (exact) mass is 407 g/mol. The molecule has 28 heavy (non-hydrogen) atoms. The average Bonchev–Trinajstić information content (AvgIpc) is 3.38. The first-order valence-electron chi connectivity index (χ1n) is 9.84. The van der Waals surface area contributed by atoms with Crippen LogP contribution in [0.5, 0.6) is 5.88 Å². The fraction of sp³-hybridized carbons (Fsp3) is 0.632. The number of carbonyl (C=O) groups is 1. The van der Waals surface area contributed by atoms with Gasteiger partial charge >= 0.3 is 6.03 Å². The Morgan fingerprint density at radius 3 is 2.93 bits per heavy atom. The molecule has 2 aliphatic rings. The lowest BCUT2D eigenvalue weighted by Gasteiger charge is -2.15. The predicted octanol–water partition coefficient (Wildman–Crippen LogP) is 2.56. The second-order valence-corrected chi connectivity index (χ2v) is 7.90. The summed E-state index contributed by atoms with van der Waals surface area (Å²) in [7, 11) is 1.58. The summed E-state index contributed by atoms with van der Waals surface area (Å²) in [5, 5.41) is 5.77. The van der Waals surface area contributed by atoms with Crippen molar-refractivity contribution in [2.75, 3.05) is 33.3 Å². The second-order valence-electron chi connectivity index (χ2n) is 6.94. The molecule has 1 aromatic rings. The van der Waals surface area contributed by atoms with E-state index < -0.39 is 0 Å². The van der Waals surface area contributed by atoms with Crippen molar-refractivity contribution in [3.8, 4) is 5.88 Å². The Balaban J connectivity index is 1.24. The molecule has 1 saturated heterocycles. The van der Waals surface area contributed by atoms with Crippen molar-refractivity contribution in [3.05, 3.63) is 23.9 Å². The van der Waals surface area contributed by atoms with Crippen LogP contribution in [0.4, 0.5) is 4.79 Å². The Labute approximate surface area is 170 Å². The fourth-order valence-corrected chi connectivity index (χ4v) is 3.92. The smallest absolute Gasteiger partial charge is 0.315 e. The molecule has 0 saturated carbocycles. The number of nitrogens with one attached hydrogen (secondary N) is 2. The molecule has 0 bridgehead atoms. The largest absolute Gasteiger partial charge is 0.481 e. The van der Waals surface area contributed by atoms with E-state index in [4.69, 9.17) is 9.47 Å². The summed E-state index contributed by atoms with van der Waals surface area (Å²) in [6.07, 6.45) is 7.07. The van der Waals surface area contributed by atoms with Crippen LogP contribution in [0.15, 0.2) is 22.7 Å². The fourth-order valence-electron chi connectivity index (χ4n) is 3.17. The summed E-state index contributed by atoms with van der Waals surface area (Å²) >= 11 is 1.33. The molecule has 2 N–H and O–H groups in total. The van der Waals surface area contributed by atoms with Gasteiger partial charge in [0.25, 0.3) is 0 Å². The van der Waals surface area contributed by atoms with E-state index in [9.17, 15) is 4.79 Å². The minimum atomic E-state index is -0.144. The molecule has 9 heteroatoms. The first-order valence-corrected chi connectivity index (χ1v) is 10.7. The van der Waals surface area contributed by atoms with Crippen molar-refractivity contribution in [2.24, 2.45) is 4.40 Å². The highest BCUT2D eigenvalue weighted by molar-refractivity contribution is 7.99. The van der Waals surface area contributed by atoms with Gasteiger partial charge in [0, 0.05) is 36.3 Å². The third-order valence-electron chi connectivity index (χ3n) is 4.73. The van der Waals surface area contributed by atoms with E-state index >= 15 is 0 Å². The van der Waals surface area contributed by atoms with E-state index in [1.807, 2.05) is 6.07 Å². The van der Waals surface area contributed by atoms with Crippen LogP contribution in [0.25, 0.3) is 0 Å². The van der Waals surface area contributed by atoms with Crippen molar-refractivity contribution in [3.63, 3.8) is 0 Å². The van der Waals surface area contributed by atoms with Crippen LogP contribution < -0.4 is 15.4 Å². The molecule has 154 valence electrons. The van der Waals surface area contributed by atoms with E-state index in [2.05, 4.69) is 24.9 Å². The molecule has 0 spiro atoms. The number of amides is 2. The van der Waals surface area contributed by atoms with Crippen molar-refractivity contribution >= 4 is 23.9 Å². The molecule has 1 aromatic heterocycles. The van der Waals surface area contributed by atoms with E-state index in [-0.39, 0.29) is 11.4 Å². The van der Waals surface area contributed by atoms with Crippen molar-refractivity contribution < 1.29 is 14.3 Å². The van der Waals surface area contributed by atoms with Crippen molar-refractivity contribution in [2.45, 2.75) is 44.1 Å². The number of ether oxygens (including phenoxy) is 2. The number of aromatic nitrogens is 1. The number of likely N-dealkylation sites (tertiary alicyclic amines) is 1. The molecular weight excluding hydrogens is 378 g/mol. The highest BCUT2D eigenvalue weighted by Gasteiger charge is 2.23. The lowest BCUT2D eigenvalue weighted by molar-refractivity contribution is 0.239. The van der Waals surface area contributed by atoms with Crippen LogP contribution in [0.3, 0.4) is 0 Å². The molecule has 1 fully saturated rings. The molecule has 3 heterocycles. The SMILES string of the molecule is COc1ccc(COC2=NSC(NC(=O)NCCCCN3CCCC3)C2)cn1. The number of hydrogen-bond donors (Lipinski definition) is 2. The maximum absolute atomic E-state index is 12.0. The lowest BCUT2D eigenvalue weighted by Crippen LogP contribution is -2.40. The van der Waals surface area contributed by atoms with Gasteiger partial charge in [-0.05, 0) is 51.4 Å². The zero-order valence-electron chi connectivity index (χ0n) is 16.4. The van der Waals surface area contributed by atoms with E-state index in [0.29, 0.717) is 31.4 Å². The number of urea groups is 1. The summed E-state index contributed by atoms with van der Waals surface area (Å²) in [5.74, 6) is 1.21. The Bertz CT molecular complexity index is 649. The highest BCUT2D eigenvalue weighted by Crippen LogP contribution is 2.23. The van der Waals surface area contributed by atoms with E-state index in [1.54, 1.807) is 19.4 Å². The number of methoxy groups -OCH3 is 1. The van der Waals surface area contributed by atoms with E-state index in [1.165, 1.54) is 37.9 Å². The zero-order chi connectivity index (χ0) is 19.6. The normalized spacial score (nSPS) is 19.3. The minimum Gasteiger partial charge on any atom is -0.481 e. The second kappa shape index (κ2) is 11.1. The molecular formula is C19H29N5O3S. The molecule has 8 nitrogen and oxygen atoms in total. The van der Waals surface area contributed by atoms with Gasteiger partial charge in [-0.3, -0.25) is 0 Å². The van der Waals surface area contributed by atoms with Crippen molar-refractivity contribution in [1.29, 1.82) is 0 Å². The van der Waals surface area contributed by atoms with Gasteiger partial charge in [-0.1, -0.05) is 0 Å². The van der Waals surface area contributed by atoms with Crippen LogP contribution in [0.1, 0.15) is 37.7 Å². The van der Waals surface area contributed by atoms with Crippen LogP contribution >= 0.6 is 11.9 Å². The predicted molar refractivity (Wildman–Crippen MR) is 110 cm³/mol. The number of nitrogens with zero attached hydrogens (tertiary/aromatic N) is 3. The van der Waals surface area contributed by atoms with Crippen LogP contribution in [-0.4, -0.2) is 60.5 Å². The molecule has 3 rings (SSSR count). The number of hydrogen-bond acceptors (Lipinski definition) is 7. The van der Waals surface area contributed by atoms with Crippen LogP contribution in [-0.2, 0) is 11.3 Å². The van der Waals surface area contributed by atoms with Crippen LogP contribution in [0, 0.1) is 0 Å². The maximum atomic E-state index is 12.0. The molecule has 2 aliphatic heterocycles. The third kappa shape index (κ3) is 6.87. The third-order valence-corrected chi connectivity index (χ3v) is 5.58. The molecule has 1 atom stereocenters. The van der Waals surface area contributed by atoms with Gasteiger partial charge in [-0.15, -0.1) is 0 Å². The number of carbonyl (C=O) groups excluding carboxylic acids is 1. The molecule has 1 unspecified atom stereocenters. The van der Waals surface area contributed by atoms with Gasteiger partial charge in [0.05, 0.1) is 13.5 Å². The van der Waals surface area contributed by atoms with Crippen LogP contribution in [0.2, 0.25) is 0 Å². The van der Waals surface area contributed by atoms with Gasteiger partial charge in [0.15, 0.2) is 5.90 Å². The van der Waals surface area contributed by atoms with Gasteiger partial charge in [0.2, 0.25) is 5.88 Å².